The van der Waals surface area contributed by atoms with Crippen LogP contribution in [0.1, 0.15) is 50.2 Å². The third-order valence-corrected chi connectivity index (χ3v) is 5.37. The molecule has 1 N–H and O–H groups in total. The molecule has 1 aromatic heterocycles. The number of hydrogen-bond acceptors (Lipinski definition) is 4. The molecule has 0 spiro atoms. The van der Waals surface area contributed by atoms with Crippen LogP contribution in [0.3, 0.4) is 0 Å². The summed E-state index contributed by atoms with van der Waals surface area (Å²) in [5, 5.41) is 7.50. The van der Waals surface area contributed by atoms with Gasteiger partial charge < -0.3 is 0 Å². The van der Waals surface area contributed by atoms with Gasteiger partial charge in [-0.1, -0.05) is 27.7 Å². The number of hydrogen-bond donors (Lipinski definition) is 1. The molecule has 1 aliphatic heterocycles. The quantitative estimate of drug-likeness (QED) is 0.876. The summed E-state index contributed by atoms with van der Waals surface area (Å²) in [5.74, 6) is 1.21. The van der Waals surface area contributed by atoms with Crippen molar-refractivity contribution in [1.29, 1.82) is 0 Å². The highest BCUT2D eigenvalue weighted by molar-refractivity contribution is 7.99. The number of rotatable bonds is 2. The third kappa shape index (κ3) is 2.60. The van der Waals surface area contributed by atoms with E-state index in [-0.39, 0.29) is 5.41 Å². The summed E-state index contributed by atoms with van der Waals surface area (Å²) < 4.78 is 0. The first-order valence-corrected chi connectivity index (χ1v) is 7.77. The lowest BCUT2D eigenvalue weighted by Crippen LogP contribution is -2.24. The average Bonchev–Trinajstić information content (AvgIpc) is 2.85. The zero-order valence-electron chi connectivity index (χ0n) is 10.4. The van der Waals surface area contributed by atoms with Crippen molar-refractivity contribution in [2.45, 2.75) is 50.9 Å². The van der Waals surface area contributed by atoms with E-state index in [0.29, 0.717) is 11.4 Å². The minimum absolute atomic E-state index is 0.177. The van der Waals surface area contributed by atoms with Crippen molar-refractivity contribution in [3.63, 3.8) is 0 Å². The average molecular weight is 256 g/mol. The van der Waals surface area contributed by atoms with E-state index < -0.39 is 0 Å². The monoisotopic (exact) mass is 256 g/mol. The summed E-state index contributed by atoms with van der Waals surface area (Å²) >= 11 is 3.77. The SMILES string of the molecule is CCC1CSC(c2csc(C(C)(C)C)n2)N1. The molecule has 1 aliphatic rings. The second kappa shape index (κ2) is 4.67. The largest absolute Gasteiger partial charge is 0.297 e. The number of thioether (sulfide) groups is 1. The molecule has 90 valence electrons. The smallest absolute Gasteiger partial charge is 0.0982 e. The van der Waals surface area contributed by atoms with E-state index in [4.69, 9.17) is 4.98 Å². The zero-order chi connectivity index (χ0) is 11.8. The van der Waals surface area contributed by atoms with Crippen LogP contribution < -0.4 is 5.32 Å². The Bertz CT molecular complexity index is 354. The third-order valence-electron chi connectivity index (χ3n) is 2.78. The minimum Gasteiger partial charge on any atom is -0.297 e. The number of nitrogens with one attached hydrogen (secondary N) is 1. The molecule has 2 nitrogen and oxygen atoms in total. The summed E-state index contributed by atoms with van der Waals surface area (Å²) in [6.45, 7) is 8.90. The van der Waals surface area contributed by atoms with Crippen LogP contribution in [0.5, 0.6) is 0 Å². The fraction of sp³-hybridized carbons (Fsp3) is 0.750. The van der Waals surface area contributed by atoms with Gasteiger partial charge in [0.1, 0.15) is 0 Å². The van der Waals surface area contributed by atoms with Crippen LogP contribution in [-0.2, 0) is 5.41 Å². The van der Waals surface area contributed by atoms with Gasteiger partial charge in [0, 0.05) is 22.6 Å². The summed E-state index contributed by atoms with van der Waals surface area (Å²) in [7, 11) is 0. The Kier molecular flexibility index (Phi) is 3.62. The van der Waals surface area contributed by atoms with E-state index in [1.54, 1.807) is 11.3 Å². The lowest BCUT2D eigenvalue weighted by atomic mass is 9.98. The Labute approximate surface area is 106 Å². The normalized spacial score (nSPS) is 26.2. The van der Waals surface area contributed by atoms with Gasteiger partial charge in [-0.15, -0.1) is 23.1 Å². The summed E-state index contributed by atoms with van der Waals surface area (Å²) in [4.78, 5) is 4.77. The van der Waals surface area contributed by atoms with Crippen LogP contribution in [0, 0.1) is 0 Å². The fourth-order valence-corrected chi connectivity index (χ4v) is 4.04. The van der Waals surface area contributed by atoms with Gasteiger partial charge in [-0.2, -0.15) is 0 Å². The van der Waals surface area contributed by atoms with E-state index in [9.17, 15) is 0 Å². The van der Waals surface area contributed by atoms with E-state index >= 15 is 0 Å². The van der Waals surface area contributed by atoms with E-state index in [2.05, 4.69) is 38.4 Å². The molecule has 1 aromatic rings. The van der Waals surface area contributed by atoms with Crippen LogP contribution >= 0.6 is 23.1 Å². The molecule has 1 saturated heterocycles. The Morgan fingerprint density at radius 3 is 2.75 bits per heavy atom. The zero-order valence-corrected chi connectivity index (χ0v) is 12.0. The van der Waals surface area contributed by atoms with Crippen LogP contribution in [0.4, 0.5) is 0 Å². The molecule has 0 amide bonds. The first-order chi connectivity index (χ1) is 7.50. The van der Waals surface area contributed by atoms with E-state index in [0.717, 1.165) is 0 Å². The van der Waals surface area contributed by atoms with Crippen molar-refractivity contribution in [2.24, 2.45) is 0 Å². The highest BCUT2D eigenvalue weighted by Crippen LogP contribution is 2.36. The molecule has 0 bridgehead atoms. The van der Waals surface area contributed by atoms with Crippen LogP contribution in [0.2, 0.25) is 0 Å². The molecule has 16 heavy (non-hydrogen) atoms. The molecule has 0 aliphatic carbocycles. The number of nitrogens with zero attached hydrogens (tertiary/aromatic N) is 1. The molecular weight excluding hydrogens is 236 g/mol. The van der Waals surface area contributed by atoms with Gasteiger partial charge in [0.2, 0.25) is 0 Å². The molecule has 2 heterocycles. The minimum atomic E-state index is 0.177. The first kappa shape index (κ1) is 12.4. The van der Waals surface area contributed by atoms with E-state index in [1.165, 1.54) is 22.9 Å². The van der Waals surface area contributed by atoms with E-state index in [1.807, 2.05) is 11.8 Å². The van der Waals surface area contributed by atoms with Gasteiger partial charge in [-0.05, 0) is 6.42 Å². The Morgan fingerprint density at radius 2 is 2.25 bits per heavy atom. The Balaban J connectivity index is 2.08. The Hall–Kier alpha value is -0.0600. The number of aromatic nitrogens is 1. The maximum atomic E-state index is 4.77. The topological polar surface area (TPSA) is 24.9 Å². The molecule has 2 atom stereocenters. The Morgan fingerprint density at radius 1 is 1.50 bits per heavy atom. The molecule has 4 heteroatoms. The molecule has 2 rings (SSSR count). The highest BCUT2D eigenvalue weighted by atomic mass is 32.2. The lowest BCUT2D eigenvalue weighted by Gasteiger charge is -2.14. The van der Waals surface area contributed by atoms with Crippen LogP contribution in [0.15, 0.2) is 5.38 Å². The van der Waals surface area contributed by atoms with Gasteiger partial charge in [0.15, 0.2) is 0 Å². The predicted molar refractivity (Wildman–Crippen MR) is 73.2 cm³/mol. The molecule has 0 radical (unpaired) electrons. The van der Waals surface area contributed by atoms with Crippen molar-refractivity contribution in [2.75, 3.05) is 5.75 Å². The van der Waals surface area contributed by atoms with Crippen molar-refractivity contribution in [1.82, 2.24) is 10.3 Å². The van der Waals surface area contributed by atoms with Gasteiger partial charge in [-0.3, -0.25) is 5.32 Å². The molecule has 0 aromatic carbocycles. The first-order valence-electron chi connectivity index (χ1n) is 5.84. The lowest BCUT2D eigenvalue weighted by molar-refractivity contribution is 0.549. The predicted octanol–water partition coefficient (Wildman–Crippen LogP) is 3.55. The molecule has 2 unspecified atom stereocenters. The molecule has 1 fully saturated rings. The van der Waals surface area contributed by atoms with Crippen molar-refractivity contribution < 1.29 is 0 Å². The van der Waals surface area contributed by atoms with Gasteiger partial charge >= 0.3 is 0 Å². The summed E-state index contributed by atoms with van der Waals surface area (Å²) in [5.41, 5.74) is 1.40. The summed E-state index contributed by atoms with van der Waals surface area (Å²) in [6, 6.07) is 0.662. The van der Waals surface area contributed by atoms with Crippen molar-refractivity contribution in [3.8, 4) is 0 Å². The summed E-state index contributed by atoms with van der Waals surface area (Å²) in [6.07, 6.45) is 1.21. The molecule has 0 saturated carbocycles. The second-order valence-electron chi connectivity index (χ2n) is 5.31. The number of thiazole rings is 1. The maximum Gasteiger partial charge on any atom is 0.0982 e. The van der Waals surface area contributed by atoms with Crippen molar-refractivity contribution in [3.05, 3.63) is 16.1 Å². The highest BCUT2D eigenvalue weighted by Gasteiger charge is 2.27. The van der Waals surface area contributed by atoms with Gasteiger partial charge in [-0.25, -0.2) is 4.98 Å². The van der Waals surface area contributed by atoms with Crippen molar-refractivity contribution >= 4 is 23.1 Å². The molecular formula is C12H20N2S2. The second-order valence-corrected chi connectivity index (χ2v) is 7.31. The van der Waals surface area contributed by atoms with Gasteiger partial charge in [0.05, 0.1) is 16.1 Å². The van der Waals surface area contributed by atoms with Gasteiger partial charge in [0.25, 0.3) is 0 Å². The van der Waals surface area contributed by atoms with Crippen LogP contribution in [0.25, 0.3) is 0 Å². The maximum absolute atomic E-state index is 4.77. The fourth-order valence-electron chi connectivity index (χ4n) is 1.68. The standard InChI is InChI=1S/C12H20N2S2/c1-5-8-6-15-10(13-8)9-7-16-11(14-9)12(2,3)4/h7-8,10,13H,5-6H2,1-4H3. The van der Waals surface area contributed by atoms with Crippen LogP contribution in [-0.4, -0.2) is 16.8 Å².